The lowest BCUT2D eigenvalue weighted by Crippen LogP contribution is -2.26. The van der Waals surface area contributed by atoms with Gasteiger partial charge >= 0.3 is 12.3 Å². The van der Waals surface area contributed by atoms with Crippen LogP contribution in [0.25, 0.3) is 0 Å². The normalized spacial score (nSPS) is 11.3. The van der Waals surface area contributed by atoms with Gasteiger partial charge in [-0.1, -0.05) is 0 Å². The third-order valence-electron chi connectivity index (χ3n) is 1.69. The largest absolute Gasteiger partial charge is 0.573 e. The Morgan fingerprint density at radius 1 is 1.53 bits per heavy atom. The van der Waals surface area contributed by atoms with Gasteiger partial charge in [0.25, 0.3) is 0 Å². The van der Waals surface area contributed by atoms with Gasteiger partial charge in [0, 0.05) is 11.8 Å². The molecular formula is C8H5ClF3NO4. The van der Waals surface area contributed by atoms with Crippen molar-refractivity contribution in [2.75, 3.05) is 0 Å². The van der Waals surface area contributed by atoms with Crippen LogP contribution in [0.3, 0.4) is 0 Å². The highest BCUT2D eigenvalue weighted by Crippen LogP contribution is 2.22. The minimum atomic E-state index is -5.16. The smallest absolute Gasteiger partial charge is 0.476 e. The topological polar surface area (TPSA) is 79.4 Å². The van der Waals surface area contributed by atoms with Gasteiger partial charge in [-0.15, -0.1) is 24.8 Å². The number of hydrogen-bond donors (Lipinski definition) is 2. The first kappa shape index (κ1) is 13.4. The zero-order valence-corrected chi connectivity index (χ0v) is 8.72. The monoisotopic (exact) mass is 271 g/mol. The average Bonchev–Trinajstić information content (AvgIpc) is 2.18. The zero-order valence-electron chi connectivity index (χ0n) is 7.97. The Kier molecular flexibility index (Phi) is 3.66. The van der Waals surface area contributed by atoms with E-state index >= 15 is 0 Å². The second-order valence-corrected chi connectivity index (χ2v) is 3.10. The molecule has 1 heterocycles. The standard InChI is InChI=1S/C8H5ClF3NO4/c9-1-3-2-13-4(7(15)16)6(5(3)14)17-8(10,11)12/h2H,1H2,(H,13,14)(H,15,16). The van der Waals surface area contributed by atoms with Crippen molar-refractivity contribution in [1.29, 1.82) is 0 Å². The van der Waals surface area contributed by atoms with Gasteiger partial charge in [0.05, 0.1) is 5.88 Å². The van der Waals surface area contributed by atoms with Crippen LogP contribution in [0, 0.1) is 0 Å². The van der Waals surface area contributed by atoms with Crippen molar-refractivity contribution in [3.63, 3.8) is 0 Å². The summed E-state index contributed by atoms with van der Waals surface area (Å²) in [7, 11) is 0. The number of alkyl halides is 4. The molecule has 94 valence electrons. The van der Waals surface area contributed by atoms with Crippen LogP contribution in [0.5, 0.6) is 5.75 Å². The number of hydrogen-bond acceptors (Lipinski definition) is 3. The fraction of sp³-hybridized carbons (Fsp3) is 0.250. The number of aromatic nitrogens is 1. The molecule has 0 amide bonds. The maximum absolute atomic E-state index is 12.0. The molecule has 0 saturated carbocycles. The Hall–Kier alpha value is -1.70. The molecule has 0 aliphatic heterocycles. The SMILES string of the molecule is O=C(O)c1[nH]cc(CCl)c(=O)c1OC(F)(F)F. The van der Waals surface area contributed by atoms with Crippen LogP contribution >= 0.6 is 11.6 Å². The molecule has 0 atom stereocenters. The molecule has 17 heavy (non-hydrogen) atoms. The first-order chi connectivity index (χ1) is 7.76. The van der Waals surface area contributed by atoms with E-state index in [-0.39, 0.29) is 11.4 Å². The molecule has 0 fully saturated rings. The molecule has 0 saturated heterocycles. The molecule has 0 spiro atoms. The lowest BCUT2D eigenvalue weighted by Gasteiger charge is -2.11. The van der Waals surface area contributed by atoms with Crippen molar-refractivity contribution >= 4 is 17.6 Å². The lowest BCUT2D eigenvalue weighted by atomic mass is 10.2. The molecule has 0 radical (unpaired) electrons. The van der Waals surface area contributed by atoms with Gasteiger partial charge in [-0.05, 0) is 0 Å². The van der Waals surface area contributed by atoms with Crippen LogP contribution in [0.1, 0.15) is 16.1 Å². The van der Waals surface area contributed by atoms with Gasteiger partial charge < -0.3 is 14.8 Å². The molecule has 1 aromatic heterocycles. The molecule has 2 N–H and O–H groups in total. The van der Waals surface area contributed by atoms with Crippen molar-refractivity contribution in [2.45, 2.75) is 12.2 Å². The summed E-state index contributed by atoms with van der Waals surface area (Å²) in [5.41, 5.74) is -2.43. The van der Waals surface area contributed by atoms with E-state index in [9.17, 15) is 22.8 Å². The zero-order chi connectivity index (χ0) is 13.2. The molecule has 1 rings (SSSR count). The summed E-state index contributed by atoms with van der Waals surface area (Å²) in [5, 5.41) is 8.60. The number of ether oxygens (including phenoxy) is 1. The van der Waals surface area contributed by atoms with Crippen LogP contribution in [0.2, 0.25) is 0 Å². The lowest BCUT2D eigenvalue weighted by molar-refractivity contribution is -0.275. The van der Waals surface area contributed by atoms with Crippen molar-refractivity contribution in [1.82, 2.24) is 4.98 Å². The van der Waals surface area contributed by atoms with Crippen LogP contribution in [-0.2, 0) is 5.88 Å². The quantitative estimate of drug-likeness (QED) is 0.820. The first-order valence-electron chi connectivity index (χ1n) is 4.06. The first-order valence-corrected chi connectivity index (χ1v) is 4.59. The molecular weight excluding hydrogens is 267 g/mol. The number of rotatable bonds is 3. The predicted octanol–water partition coefficient (Wildman–Crippen LogP) is 1.71. The third kappa shape index (κ3) is 3.13. The third-order valence-corrected chi connectivity index (χ3v) is 1.98. The molecule has 0 aromatic carbocycles. The van der Waals surface area contributed by atoms with E-state index in [0.29, 0.717) is 0 Å². The summed E-state index contributed by atoms with van der Waals surface area (Å²) in [5.74, 6) is -3.45. The molecule has 1 aromatic rings. The van der Waals surface area contributed by atoms with Crippen molar-refractivity contribution < 1.29 is 27.8 Å². The Balaban J connectivity index is 3.41. The fourth-order valence-corrected chi connectivity index (χ4v) is 1.22. The predicted molar refractivity (Wildman–Crippen MR) is 50.3 cm³/mol. The van der Waals surface area contributed by atoms with Crippen LogP contribution in [0.15, 0.2) is 11.0 Å². The number of pyridine rings is 1. The van der Waals surface area contributed by atoms with E-state index < -0.39 is 29.2 Å². The van der Waals surface area contributed by atoms with Gasteiger partial charge in [0.15, 0.2) is 5.69 Å². The van der Waals surface area contributed by atoms with E-state index in [1.807, 2.05) is 4.98 Å². The molecule has 0 aliphatic carbocycles. The maximum Gasteiger partial charge on any atom is 0.573 e. The van der Waals surface area contributed by atoms with Gasteiger partial charge in [-0.3, -0.25) is 4.79 Å². The highest BCUT2D eigenvalue weighted by molar-refractivity contribution is 6.17. The van der Waals surface area contributed by atoms with E-state index in [2.05, 4.69) is 4.74 Å². The van der Waals surface area contributed by atoms with Gasteiger partial charge in [0.2, 0.25) is 11.2 Å². The molecule has 5 nitrogen and oxygen atoms in total. The van der Waals surface area contributed by atoms with Gasteiger partial charge in [-0.2, -0.15) is 0 Å². The van der Waals surface area contributed by atoms with Crippen LogP contribution in [-0.4, -0.2) is 22.4 Å². The Labute approximate surface area is 96.8 Å². The van der Waals surface area contributed by atoms with Crippen molar-refractivity contribution in [3.8, 4) is 5.75 Å². The Bertz CT molecular complexity index is 497. The highest BCUT2D eigenvalue weighted by Gasteiger charge is 2.35. The molecule has 9 heteroatoms. The highest BCUT2D eigenvalue weighted by atomic mass is 35.5. The van der Waals surface area contributed by atoms with Crippen LogP contribution in [0.4, 0.5) is 13.2 Å². The average molecular weight is 272 g/mol. The van der Waals surface area contributed by atoms with Crippen molar-refractivity contribution in [2.24, 2.45) is 0 Å². The summed E-state index contributed by atoms with van der Waals surface area (Å²) in [6, 6.07) is 0. The van der Waals surface area contributed by atoms with Gasteiger partial charge in [-0.25, -0.2) is 4.79 Å². The summed E-state index contributed by atoms with van der Waals surface area (Å²) in [6.07, 6.45) is -4.25. The minimum absolute atomic E-state index is 0.226. The summed E-state index contributed by atoms with van der Waals surface area (Å²) >= 11 is 5.30. The van der Waals surface area contributed by atoms with E-state index in [1.54, 1.807) is 0 Å². The number of carboxylic acid groups (broad SMARTS) is 1. The van der Waals surface area contributed by atoms with E-state index in [1.165, 1.54) is 0 Å². The second-order valence-electron chi connectivity index (χ2n) is 2.83. The number of halogens is 4. The number of carboxylic acids is 1. The van der Waals surface area contributed by atoms with E-state index in [0.717, 1.165) is 6.20 Å². The summed E-state index contributed by atoms with van der Waals surface area (Å²) < 4.78 is 39.4. The molecule has 0 unspecified atom stereocenters. The Morgan fingerprint density at radius 3 is 2.53 bits per heavy atom. The Morgan fingerprint density at radius 2 is 2.12 bits per heavy atom. The van der Waals surface area contributed by atoms with Crippen LogP contribution < -0.4 is 10.2 Å². The minimum Gasteiger partial charge on any atom is -0.476 e. The fourth-order valence-electron chi connectivity index (χ4n) is 1.02. The number of aromatic amines is 1. The second kappa shape index (κ2) is 4.66. The number of carbonyl (C=O) groups is 1. The van der Waals surface area contributed by atoms with Gasteiger partial charge in [0.1, 0.15) is 0 Å². The number of H-pyrrole nitrogens is 1. The summed E-state index contributed by atoms with van der Waals surface area (Å²) in [6.45, 7) is 0. The number of nitrogens with one attached hydrogen (secondary N) is 1. The molecule has 0 aliphatic rings. The number of aromatic carboxylic acids is 1. The summed E-state index contributed by atoms with van der Waals surface area (Å²) in [4.78, 5) is 24.0. The van der Waals surface area contributed by atoms with E-state index in [4.69, 9.17) is 16.7 Å². The molecule has 0 bridgehead atoms. The van der Waals surface area contributed by atoms with Crippen molar-refractivity contribution in [3.05, 3.63) is 27.7 Å². The maximum atomic E-state index is 12.0.